The van der Waals surface area contributed by atoms with Crippen LogP contribution in [0.25, 0.3) is 0 Å². The van der Waals surface area contributed by atoms with E-state index in [1.807, 2.05) is 0 Å². The molecule has 0 unspecified atom stereocenters. The summed E-state index contributed by atoms with van der Waals surface area (Å²) in [6, 6.07) is 17.3. The molecule has 7 nitrogen and oxygen atoms in total. The van der Waals surface area contributed by atoms with Crippen molar-refractivity contribution >= 4 is 34.8 Å². The minimum atomic E-state index is -0.360. The lowest BCUT2D eigenvalue weighted by Gasteiger charge is -2.13. The largest absolute Gasteiger partial charge is 0.494 e. The Balaban J connectivity index is 1.55. The lowest BCUT2D eigenvalue weighted by molar-refractivity contribution is 0.0947. The van der Waals surface area contributed by atoms with Gasteiger partial charge in [0.1, 0.15) is 11.5 Å². The number of amides is 2. The third-order valence-electron chi connectivity index (χ3n) is 4.73. The summed E-state index contributed by atoms with van der Waals surface area (Å²) in [5, 5.41) is 8.44. The van der Waals surface area contributed by atoms with Crippen molar-refractivity contribution in [3.8, 4) is 5.75 Å². The molecule has 3 N–H and O–H groups in total. The molecular weight excluding hydrogens is 438 g/mol. The molecule has 0 bridgehead atoms. The third kappa shape index (κ3) is 7.47. The Labute approximate surface area is 198 Å². The zero-order valence-corrected chi connectivity index (χ0v) is 19.4. The van der Waals surface area contributed by atoms with E-state index in [2.05, 4.69) is 29.8 Å². The number of hydrogen-bond acceptors (Lipinski definition) is 5. The zero-order valence-electron chi connectivity index (χ0n) is 18.6. The van der Waals surface area contributed by atoms with Gasteiger partial charge in [-0.25, -0.2) is 0 Å². The van der Waals surface area contributed by atoms with E-state index < -0.39 is 0 Å². The number of thiocarbonyl (C=S) groups is 1. The molecule has 2 amide bonds. The predicted octanol–water partition coefficient (Wildman–Crippen LogP) is 4.76. The maximum atomic E-state index is 12.6. The second-order valence-electron chi connectivity index (χ2n) is 7.77. The van der Waals surface area contributed by atoms with E-state index in [4.69, 9.17) is 21.4 Å². The van der Waals surface area contributed by atoms with Crippen LogP contribution >= 0.6 is 12.2 Å². The molecule has 3 aromatic rings. The molecule has 172 valence electrons. The second kappa shape index (κ2) is 11.8. The highest BCUT2D eigenvalue weighted by atomic mass is 32.1. The summed E-state index contributed by atoms with van der Waals surface area (Å²) in [4.78, 5) is 25.1. The van der Waals surface area contributed by atoms with E-state index in [0.29, 0.717) is 40.8 Å². The normalized spacial score (nSPS) is 10.5. The zero-order chi connectivity index (χ0) is 23.6. The first-order chi connectivity index (χ1) is 15.9. The number of rotatable bonds is 9. The summed E-state index contributed by atoms with van der Waals surface area (Å²) in [5.74, 6) is 1.27. The summed E-state index contributed by atoms with van der Waals surface area (Å²) < 4.78 is 10.9. The van der Waals surface area contributed by atoms with Crippen molar-refractivity contribution < 1.29 is 18.7 Å². The highest BCUT2D eigenvalue weighted by Crippen LogP contribution is 2.16. The summed E-state index contributed by atoms with van der Waals surface area (Å²) in [7, 11) is 0. The van der Waals surface area contributed by atoms with Gasteiger partial charge in [0.2, 0.25) is 0 Å². The van der Waals surface area contributed by atoms with E-state index >= 15 is 0 Å². The smallest absolute Gasteiger partial charge is 0.257 e. The molecule has 3 rings (SSSR count). The average molecular weight is 466 g/mol. The van der Waals surface area contributed by atoms with Crippen molar-refractivity contribution in [3.05, 3.63) is 83.8 Å². The van der Waals surface area contributed by atoms with E-state index in [9.17, 15) is 9.59 Å². The van der Waals surface area contributed by atoms with Crippen molar-refractivity contribution in [2.75, 3.05) is 11.9 Å². The van der Waals surface area contributed by atoms with Crippen molar-refractivity contribution in [2.45, 2.75) is 26.8 Å². The van der Waals surface area contributed by atoms with Gasteiger partial charge in [0.15, 0.2) is 5.11 Å². The molecule has 0 saturated heterocycles. The maximum Gasteiger partial charge on any atom is 0.257 e. The minimum Gasteiger partial charge on any atom is -0.494 e. The minimum absolute atomic E-state index is 0.0866. The van der Waals surface area contributed by atoms with Gasteiger partial charge in [-0.15, -0.1) is 0 Å². The molecule has 33 heavy (non-hydrogen) atoms. The number of benzene rings is 2. The SMILES string of the molecule is CC(C)CCOc1ccc(C(=O)NC(=S)Nc2ccccc2C(=O)NCc2ccco2)cc1. The number of carbonyl (C=O) groups is 2. The molecule has 2 aromatic carbocycles. The maximum absolute atomic E-state index is 12.6. The average Bonchev–Trinajstić information content (AvgIpc) is 3.31. The van der Waals surface area contributed by atoms with Crippen LogP contribution in [0.4, 0.5) is 5.69 Å². The second-order valence-corrected chi connectivity index (χ2v) is 8.18. The Hall–Kier alpha value is -3.65. The molecule has 0 aliphatic carbocycles. The molecule has 8 heteroatoms. The standard InChI is InChI=1S/C25H27N3O4S/c1-17(2)13-15-32-19-11-9-18(10-12-19)23(29)28-25(33)27-22-8-4-3-7-21(22)24(30)26-16-20-6-5-14-31-20/h3-12,14,17H,13,15-16H2,1-2H3,(H,26,30)(H2,27,28,29,33). The van der Waals surface area contributed by atoms with Crippen molar-refractivity contribution in [1.82, 2.24) is 10.6 Å². The summed E-state index contributed by atoms with van der Waals surface area (Å²) in [6.07, 6.45) is 2.51. The van der Waals surface area contributed by atoms with Gasteiger partial charge in [0.05, 0.1) is 30.7 Å². The topological polar surface area (TPSA) is 92.6 Å². The number of anilines is 1. The fourth-order valence-electron chi connectivity index (χ4n) is 2.91. The van der Waals surface area contributed by atoms with Crippen LogP contribution in [0.5, 0.6) is 5.75 Å². The fraction of sp³-hybridized carbons (Fsp3) is 0.240. The first kappa shape index (κ1) is 24.0. The highest BCUT2D eigenvalue weighted by Gasteiger charge is 2.14. The Morgan fingerprint density at radius 1 is 1.00 bits per heavy atom. The Bertz CT molecular complexity index is 1080. The number of carbonyl (C=O) groups excluding carboxylic acids is 2. The summed E-state index contributed by atoms with van der Waals surface area (Å²) in [6.45, 7) is 5.17. The predicted molar refractivity (Wildman–Crippen MR) is 131 cm³/mol. The van der Waals surface area contributed by atoms with Crippen LogP contribution in [0.15, 0.2) is 71.3 Å². The molecule has 0 aliphatic heterocycles. The number of nitrogens with one attached hydrogen (secondary N) is 3. The molecule has 0 saturated carbocycles. The quantitative estimate of drug-likeness (QED) is 0.395. The van der Waals surface area contributed by atoms with Crippen LogP contribution < -0.4 is 20.7 Å². The number of para-hydroxylation sites is 1. The van der Waals surface area contributed by atoms with Crippen LogP contribution in [-0.4, -0.2) is 23.5 Å². The molecule has 0 atom stereocenters. The molecule has 0 fully saturated rings. The molecular formula is C25H27N3O4S. The van der Waals surface area contributed by atoms with E-state index in [1.165, 1.54) is 0 Å². The first-order valence-electron chi connectivity index (χ1n) is 10.7. The molecule has 0 radical (unpaired) electrons. The monoisotopic (exact) mass is 465 g/mol. The number of furan rings is 1. The van der Waals surface area contributed by atoms with Gasteiger partial charge in [-0.05, 0) is 73.1 Å². The molecule has 0 spiro atoms. The number of hydrogen-bond donors (Lipinski definition) is 3. The van der Waals surface area contributed by atoms with Crippen LogP contribution in [0.1, 0.15) is 46.7 Å². The first-order valence-corrected chi connectivity index (χ1v) is 11.1. The van der Waals surface area contributed by atoms with Crippen molar-refractivity contribution in [3.63, 3.8) is 0 Å². The highest BCUT2D eigenvalue weighted by molar-refractivity contribution is 7.80. The van der Waals surface area contributed by atoms with Gasteiger partial charge in [-0.1, -0.05) is 26.0 Å². The molecule has 0 aliphatic rings. The van der Waals surface area contributed by atoms with Crippen molar-refractivity contribution in [2.24, 2.45) is 5.92 Å². The summed E-state index contributed by atoms with van der Waals surface area (Å²) in [5.41, 5.74) is 1.32. The van der Waals surface area contributed by atoms with E-state index in [-0.39, 0.29) is 23.5 Å². The van der Waals surface area contributed by atoms with Crippen molar-refractivity contribution in [1.29, 1.82) is 0 Å². The lowest BCUT2D eigenvalue weighted by Crippen LogP contribution is -2.35. The molecule has 1 aromatic heterocycles. The molecule has 1 heterocycles. The number of ether oxygens (including phenoxy) is 1. The van der Waals surface area contributed by atoms with Gasteiger partial charge in [-0.3, -0.25) is 14.9 Å². The van der Waals surface area contributed by atoms with Crippen LogP contribution in [0.3, 0.4) is 0 Å². The van der Waals surface area contributed by atoms with Crippen LogP contribution in [0, 0.1) is 5.92 Å². The van der Waals surface area contributed by atoms with E-state index in [1.54, 1.807) is 66.9 Å². The van der Waals surface area contributed by atoms with Crippen LogP contribution in [0.2, 0.25) is 0 Å². The lowest BCUT2D eigenvalue weighted by atomic mass is 10.1. The van der Waals surface area contributed by atoms with Gasteiger partial charge in [0, 0.05) is 5.56 Å². The van der Waals surface area contributed by atoms with Gasteiger partial charge < -0.3 is 19.8 Å². The van der Waals surface area contributed by atoms with E-state index in [0.717, 1.165) is 6.42 Å². The van der Waals surface area contributed by atoms with Gasteiger partial charge >= 0.3 is 0 Å². The van der Waals surface area contributed by atoms with Crippen LogP contribution in [-0.2, 0) is 6.54 Å². The Morgan fingerprint density at radius 2 is 1.76 bits per heavy atom. The third-order valence-corrected chi connectivity index (χ3v) is 4.93. The van der Waals surface area contributed by atoms with Gasteiger partial charge in [0.25, 0.3) is 11.8 Å². The Kier molecular flexibility index (Phi) is 8.60. The van der Waals surface area contributed by atoms with Gasteiger partial charge in [-0.2, -0.15) is 0 Å². The summed E-state index contributed by atoms with van der Waals surface area (Å²) >= 11 is 5.28. The fourth-order valence-corrected chi connectivity index (χ4v) is 3.11. The Morgan fingerprint density at radius 3 is 2.45 bits per heavy atom.